The minimum absolute atomic E-state index is 0.158. The molecule has 6 rings (SSSR count). The van der Waals surface area contributed by atoms with Gasteiger partial charge in [-0.3, -0.25) is 9.48 Å². The average molecular weight is 597 g/mol. The number of piperidine rings is 1. The first-order chi connectivity index (χ1) is 20.9. The normalized spacial score (nSPS) is 23.0. The number of rotatable bonds is 5. The first kappa shape index (κ1) is 30.1. The topological polar surface area (TPSA) is 103 Å². The number of aromatic nitrogens is 2. The monoisotopic (exact) mass is 596 g/mol. The first-order valence-electron chi connectivity index (χ1n) is 15.9. The fourth-order valence-electron chi connectivity index (χ4n) is 7.38. The summed E-state index contributed by atoms with van der Waals surface area (Å²) >= 11 is 0. The molecule has 3 fully saturated rings. The molecule has 3 heterocycles. The molecule has 1 unspecified atom stereocenters. The van der Waals surface area contributed by atoms with Crippen molar-refractivity contribution in [3.63, 3.8) is 0 Å². The van der Waals surface area contributed by atoms with Crippen molar-refractivity contribution in [2.75, 3.05) is 31.5 Å². The Morgan fingerprint density at radius 3 is 2.27 bits per heavy atom. The summed E-state index contributed by atoms with van der Waals surface area (Å²) in [5, 5.41) is 18.9. The molecule has 0 bridgehead atoms. The number of anilines is 1. The molecule has 3 atom stereocenters. The van der Waals surface area contributed by atoms with Gasteiger partial charge >= 0.3 is 6.09 Å². The Kier molecular flexibility index (Phi) is 7.91. The number of hydrogen-bond acceptors (Lipinski definition) is 6. The Hall–Kier alpha value is -3.90. The van der Waals surface area contributed by atoms with E-state index < -0.39 is 11.1 Å². The van der Waals surface area contributed by atoms with Gasteiger partial charge in [-0.15, -0.1) is 0 Å². The highest BCUT2D eigenvalue weighted by Gasteiger charge is 2.45. The van der Waals surface area contributed by atoms with Crippen molar-refractivity contribution in [3.05, 3.63) is 59.9 Å². The quantitative estimate of drug-likeness (QED) is 0.381. The fraction of sp³-hybridized carbons (Fsp3) is 0.543. The van der Waals surface area contributed by atoms with Crippen LogP contribution in [0.1, 0.15) is 77.3 Å². The van der Waals surface area contributed by atoms with Crippen molar-refractivity contribution in [1.82, 2.24) is 19.6 Å². The van der Waals surface area contributed by atoms with Crippen LogP contribution >= 0.6 is 0 Å². The molecule has 44 heavy (non-hydrogen) atoms. The molecule has 1 saturated carbocycles. The zero-order valence-corrected chi connectivity index (χ0v) is 26.5. The SMILES string of the molecule is CC(C)(C)OC(=O)N1C[C@H]2CC(N3CCC(c4cnn(C(C)(C)C(=O)Nc5ccc(C#N)c6ccccc56)c4)CC3)C[C@H]2C1. The zero-order valence-electron chi connectivity index (χ0n) is 26.5. The van der Waals surface area contributed by atoms with Crippen LogP contribution < -0.4 is 5.32 Å². The zero-order chi connectivity index (χ0) is 31.2. The van der Waals surface area contributed by atoms with Crippen LogP contribution in [0.5, 0.6) is 0 Å². The van der Waals surface area contributed by atoms with Crippen LogP contribution in [0.2, 0.25) is 0 Å². The van der Waals surface area contributed by atoms with Gasteiger partial charge in [-0.05, 0) is 109 Å². The summed E-state index contributed by atoms with van der Waals surface area (Å²) in [5.41, 5.74) is 1.10. The average Bonchev–Trinajstić information content (AvgIpc) is 3.73. The standard InChI is InChI=1S/C35H44N6O3/c1-34(2,3)44-33(43)40-20-25-16-28(17-26(25)21-40)39-14-12-23(13-15-39)27-19-37-41(22-27)35(4,5)32(42)38-31-11-10-24(18-36)29-8-6-7-9-30(29)31/h6-11,19,22-23,25-26,28H,12-17,20-21H2,1-5H3,(H,38,42)/t25-,26+,28?. The molecule has 2 saturated heterocycles. The van der Waals surface area contributed by atoms with Crippen LogP contribution in [0.3, 0.4) is 0 Å². The smallest absolute Gasteiger partial charge is 0.410 e. The largest absolute Gasteiger partial charge is 0.444 e. The minimum Gasteiger partial charge on any atom is -0.444 e. The molecule has 0 spiro atoms. The maximum absolute atomic E-state index is 13.5. The van der Waals surface area contributed by atoms with Gasteiger partial charge in [0.1, 0.15) is 11.1 Å². The van der Waals surface area contributed by atoms with E-state index in [2.05, 4.69) is 21.4 Å². The number of carbonyl (C=O) groups excluding carboxylic acids is 2. The Morgan fingerprint density at radius 1 is 0.977 bits per heavy atom. The van der Waals surface area contributed by atoms with Gasteiger partial charge in [0.25, 0.3) is 5.91 Å². The molecule has 1 N–H and O–H groups in total. The molecule has 2 amide bonds. The van der Waals surface area contributed by atoms with Crippen LogP contribution in [0, 0.1) is 23.2 Å². The lowest BCUT2D eigenvalue weighted by Crippen LogP contribution is -2.41. The van der Waals surface area contributed by atoms with Crippen LogP contribution in [0.25, 0.3) is 10.8 Å². The number of hydrogen-bond donors (Lipinski definition) is 1. The highest BCUT2D eigenvalue weighted by Crippen LogP contribution is 2.42. The number of ether oxygens (including phenoxy) is 1. The van der Waals surface area contributed by atoms with Crippen molar-refractivity contribution < 1.29 is 14.3 Å². The summed E-state index contributed by atoms with van der Waals surface area (Å²) in [5.74, 6) is 1.40. The number of nitrogens with zero attached hydrogens (tertiary/aromatic N) is 5. The van der Waals surface area contributed by atoms with E-state index in [1.165, 1.54) is 5.56 Å². The van der Waals surface area contributed by atoms with E-state index in [-0.39, 0.29) is 12.0 Å². The second kappa shape index (κ2) is 11.6. The molecule has 1 aromatic heterocycles. The van der Waals surface area contributed by atoms with Gasteiger partial charge in [-0.2, -0.15) is 10.4 Å². The van der Waals surface area contributed by atoms with E-state index in [4.69, 9.17) is 4.74 Å². The van der Waals surface area contributed by atoms with E-state index >= 15 is 0 Å². The van der Waals surface area contributed by atoms with Gasteiger partial charge in [0.15, 0.2) is 0 Å². The molecule has 3 aliphatic rings. The van der Waals surface area contributed by atoms with Crippen LogP contribution in [-0.2, 0) is 15.1 Å². The third-order valence-corrected chi connectivity index (χ3v) is 9.92. The summed E-state index contributed by atoms with van der Waals surface area (Å²) in [6.07, 6.45) is 8.26. The van der Waals surface area contributed by atoms with Gasteiger partial charge < -0.3 is 19.9 Å². The van der Waals surface area contributed by atoms with Crippen molar-refractivity contribution in [3.8, 4) is 6.07 Å². The molecular weight excluding hydrogens is 552 g/mol. The molecule has 1 aliphatic carbocycles. The summed E-state index contributed by atoms with van der Waals surface area (Å²) in [4.78, 5) is 30.7. The van der Waals surface area contributed by atoms with E-state index in [0.717, 1.165) is 62.6 Å². The number of fused-ring (bicyclic) bond motifs is 2. The summed E-state index contributed by atoms with van der Waals surface area (Å²) in [6, 6.07) is 14.0. The van der Waals surface area contributed by atoms with E-state index in [0.29, 0.717) is 35.0 Å². The number of likely N-dealkylation sites (tertiary alicyclic amines) is 2. The summed E-state index contributed by atoms with van der Waals surface area (Å²) in [6.45, 7) is 13.3. The number of amides is 2. The van der Waals surface area contributed by atoms with Crippen molar-refractivity contribution in [1.29, 1.82) is 5.26 Å². The lowest BCUT2D eigenvalue weighted by atomic mass is 9.90. The van der Waals surface area contributed by atoms with Crippen LogP contribution in [0.4, 0.5) is 10.5 Å². The summed E-state index contributed by atoms with van der Waals surface area (Å²) in [7, 11) is 0. The van der Waals surface area contributed by atoms with Gasteiger partial charge in [0.05, 0.1) is 17.8 Å². The van der Waals surface area contributed by atoms with Crippen molar-refractivity contribution in [2.24, 2.45) is 11.8 Å². The molecule has 2 aliphatic heterocycles. The molecule has 0 radical (unpaired) electrons. The molecule has 2 aromatic carbocycles. The predicted octanol–water partition coefficient (Wildman–Crippen LogP) is 6.11. The fourth-order valence-corrected chi connectivity index (χ4v) is 7.38. The molecule has 9 nitrogen and oxygen atoms in total. The molecule has 3 aromatic rings. The van der Waals surface area contributed by atoms with Gasteiger partial charge in [0, 0.05) is 41.8 Å². The highest BCUT2D eigenvalue weighted by atomic mass is 16.6. The minimum atomic E-state index is -0.900. The van der Waals surface area contributed by atoms with Gasteiger partial charge in [-0.25, -0.2) is 4.79 Å². The van der Waals surface area contributed by atoms with Crippen molar-refractivity contribution in [2.45, 2.75) is 83.4 Å². The van der Waals surface area contributed by atoms with E-state index in [9.17, 15) is 14.9 Å². The number of benzene rings is 2. The molecular formula is C35H44N6O3. The lowest BCUT2D eigenvalue weighted by Gasteiger charge is -2.36. The van der Waals surface area contributed by atoms with E-state index in [1.54, 1.807) is 16.8 Å². The Labute approximate surface area is 260 Å². The second-order valence-corrected chi connectivity index (χ2v) is 14.4. The Bertz CT molecular complexity index is 1580. The Morgan fingerprint density at radius 2 is 1.64 bits per heavy atom. The maximum atomic E-state index is 13.5. The van der Waals surface area contributed by atoms with Crippen molar-refractivity contribution >= 4 is 28.5 Å². The first-order valence-corrected chi connectivity index (χ1v) is 15.9. The molecule has 9 heteroatoms. The Balaban J connectivity index is 1.03. The van der Waals surface area contributed by atoms with Crippen LogP contribution in [-0.4, -0.2) is 69.4 Å². The second-order valence-electron chi connectivity index (χ2n) is 14.4. The number of carbonyl (C=O) groups is 2. The van der Waals surface area contributed by atoms with Gasteiger partial charge in [0.2, 0.25) is 0 Å². The summed E-state index contributed by atoms with van der Waals surface area (Å²) < 4.78 is 7.39. The van der Waals surface area contributed by atoms with Crippen LogP contribution in [0.15, 0.2) is 48.8 Å². The third-order valence-electron chi connectivity index (χ3n) is 9.92. The lowest BCUT2D eigenvalue weighted by molar-refractivity contribution is -0.123. The molecule has 232 valence electrons. The number of nitriles is 1. The number of nitrogens with one attached hydrogen (secondary N) is 1. The highest BCUT2D eigenvalue weighted by molar-refractivity contribution is 6.05. The maximum Gasteiger partial charge on any atom is 0.410 e. The predicted molar refractivity (Wildman–Crippen MR) is 170 cm³/mol. The third kappa shape index (κ3) is 5.92. The van der Waals surface area contributed by atoms with Gasteiger partial charge in [-0.1, -0.05) is 24.3 Å². The van der Waals surface area contributed by atoms with E-state index in [1.807, 2.05) is 76.2 Å².